The van der Waals surface area contributed by atoms with Crippen LogP contribution in [0.25, 0.3) is 0 Å². The maximum absolute atomic E-state index is 9.32. The summed E-state index contributed by atoms with van der Waals surface area (Å²) in [5.74, 6) is 1.06. The first-order valence-electron chi connectivity index (χ1n) is 4.75. The van der Waals surface area contributed by atoms with Crippen LogP contribution < -0.4 is 4.74 Å². The fraction of sp³-hybridized carbons (Fsp3) is 0. The van der Waals surface area contributed by atoms with Gasteiger partial charge in [-0.05, 0) is 24.3 Å². The third kappa shape index (κ3) is 2.12. The van der Waals surface area contributed by atoms with E-state index in [9.17, 15) is 5.11 Å². The Morgan fingerprint density at radius 1 is 1.06 bits per heavy atom. The van der Waals surface area contributed by atoms with Crippen LogP contribution in [-0.4, -0.2) is 5.11 Å². The molecule has 2 rings (SSSR count). The number of benzene rings is 2. The zero-order valence-electron chi connectivity index (χ0n) is 8.42. The summed E-state index contributed by atoms with van der Waals surface area (Å²) < 4.78 is 5.50. The first-order chi connectivity index (χ1) is 7.79. The van der Waals surface area contributed by atoms with Crippen LogP contribution in [0.1, 0.15) is 5.56 Å². The highest BCUT2D eigenvalue weighted by molar-refractivity contribution is 5.48. The zero-order chi connectivity index (χ0) is 11.4. The maximum Gasteiger partial charge on any atom is 0.148 e. The Bertz CT molecular complexity index is 529. The summed E-state index contributed by atoms with van der Waals surface area (Å²) in [6.45, 7) is 0. The SMILES string of the molecule is N#Cc1ccc(O)cc1Oc1ccccc1. The van der Waals surface area contributed by atoms with E-state index in [0.29, 0.717) is 17.1 Å². The molecule has 0 fully saturated rings. The highest BCUT2D eigenvalue weighted by Gasteiger charge is 2.05. The molecular weight excluding hydrogens is 202 g/mol. The molecule has 2 aromatic rings. The van der Waals surface area contributed by atoms with Crippen LogP contribution in [0.4, 0.5) is 0 Å². The van der Waals surface area contributed by atoms with E-state index in [1.807, 2.05) is 24.3 Å². The van der Waals surface area contributed by atoms with E-state index in [0.717, 1.165) is 0 Å². The molecule has 0 heterocycles. The van der Waals surface area contributed by atoms with Gasteiger partial charge in [0.25, 0.3) is 0 Å². The molecule has 78 valence electrons. The van der Waals surface area contributed by atoms with E-state index >= 15 is 0 Å². The van der Waals surface area contributed by atoms with Crippen LogP contribution in [0, 0.1) is 11.3 Å². The number of para-hydroxylation sites is 1. The second-order valence-electron chi connectivity index (χ2n) is 3.21. The Balaban J connectivity index is 2.35. The lowest BCUT2D eigenvalue weighted by atomic mass is 10.2. The average Bonchev–Trinajstić information content (AvgIpc) is 2.31. The van der Waals surface area contributed by atoms with Crippen molar-refractivity contribution >= 4 is 0 Å². The summed E-state index contributed by atoms with van der Waals surface area (Å²) in [6.07, 6.45) is 0. The number of ether oxygens (including phenoxy) is 1. The first-order valence-corrected chi connectivity index (χ1v) is 4.75. The van der Waals surface area contributed by atoms with Gasteiger partial charge in [-0.1, -0.05) is 18.2 Å². The van der Waals surface area contributed by atoms with Crippen molar-refractivity contribution in [2.24, 2.45) is 0 Å². The van der Waals surface area contributed by atoms with Crippen LogP contribution in [-0.2, 0) is 0 Å². The minimum atomic E-state index is 0.0740. The van der Waals surface area contributed by atoms with Crippen LogP contribution in [0.2, 0.25) is 0 Å². The van der Waals surface area contributed by atoms with E-state index in [2.05, 4.69) is 0 Å². The van der Waals surface area contributed by atoms with Gasteiger partial charge in [0.15, 0.2) is 0 Å². The molecule has 0 radical (unpaired) electrons. The number of phenolic OH excluding ortho intramolecular Hbond substituents is 1. The van der Waals surface area contributed by atoms with Crippen molar-refractivity contribution in [1.82, 2.24) is 0 Å². The monoisotopic (exact) mass is 211 g/mol. The first kappa shape index (κ1) is 10.1. The smallest absolute Gasteiger partial charge is 0.148 e. The van der Waals surface area contributed by atoms with Gasteiger partial charge in [-0.15, -0.1) is 0 Å². The van der Waals surface area contributed by atoms with Gasteiger partial charge in [-0.3, -0.25) is 0 Å². The van der Waals surface area contributed by atoms with Gasteiger partial charge in [0.1, 0.15) is 23.3 Å². The Morgan fingerprint density at radius 3 is 2.50 bits per heavy atom. The fourth-order valence-electron chi connectivity index (χ4n) is 1.30. The number of hydrogen-bond donors (Lipinski definition) is 1. The van der Waals surface area contributed by atoms with E-state index in [1.54, 1.807) is 12.1 Å². The van der Waals surface area contributed by atoms with Crippen LogP contribution in [0.3, 0.4) is 0 Å². The molecule has 0 saturated heterocycles. The third-order valence-corrected chi connectivity index (χ3v) is 2.06. The normalized spacial score (nSPS) is 9.44. The minimum Gasteiger partial charge on any atom is -0.508 e. The number of aromatic hydroxyl groups is 1. The maximum atomic E-state index is 9.32. The number of phenols is 1. The molecule has 0 aromatic heterocycles. The highest BCUT2D eigenvalue weighted by atomic mass is 16.5. The lowest BCUT2D eigenvalue weighted by Crippen LogP contribution is -1.87. The third-order valence-electron chi connectivity index (χ3n) is 2.06. The second kappa shape index (κ2) is 4.37. The number of hydrogen-bond acceptors (Lipinski definition) is 3. The second-order valence-corrected chi connectivity index (χ2v) is 3.21. The van der Waals surface area contributed by atoms with Crippen molar-refractivity contribution in [3.63, 3.8) is 0 Å². The molecule has 16 heavy (non-hydrogen) atoms. The van der Waals surface area contributed by atoms with Gasteiger partial charge >= 0.3 is 0 Å². The van der Waals surface area contributed by atoms with Crippen LogP contribution in [0.15, 0.2) is 48.5 Å². The molecule has 2 aromatic carbocycles. The van der Waals surface area contributed by atoms with Gasteiger partial charge in [-0.2, -0.15) is 5.26 Å². The van der Waals surface area contributed by atoms with Crippen molar-refractivity contribution in [3.8, 4) is 23.3 Å². The zero-order valence-corrected chi connectivity index (χ0v) is 8.42. The quantitative estimate of drug-likeness (QED) is 0.830. The van der Waals surface area contributed by atoms with Gasteiger partial charge in [-0.25, -0.2) is 0 Å². The Kier molecular flexibility index (Phi) is 2.75. The lowest BCUT2D eigenvalue weighted by Gasteiger charge is -2.07. The Labute approximate surface area is 93.2 Å². The molecular formula is C13H9NO2. The molecule has 0 saturated carbocycles. The molecule has 0 aliphatic heterocycles. The summed E-state index contributed by atoms with van der Waals surface area (Å²) in [5.41, 5.74) is 0.390. The van der Waals surface area contributed by atoms with E-state index < -0.39 is 0 Å². The predicted molar refractivity (Wildman–Crippen MR) is 59.3 cm³/mol. The van der Waals surface area contributed by atoms with Crippen molar-refractivity contribution in [1.29, 1.82) is 5.26 Å². The summed E-state index contributed by atoms with van der Waals surface area (Å²) in [5, 5.41) is 18.2. The topological polar surface area (TPSA) is 53.2 Å². The highest BCUT2D eigenvalue weighted by Crippen LogP contribution is 2.28. The molecule has 3 heteroatoms. The predicted octanol–water partition coefficient (Wildman–Crippen LogP) is 3.06. The van der Waals surface area contributed by atoms with Gasteiger partial charge < -0.3 is 9.84 Å². The van der Waals surface area contributed by atoms with E-state index in [-0.39, 0.29) is 5.75 Å². The number of nitriles is 1. The summed E-state index contributed by atoms with van der Waals surface area (Å²) >= 11 is 0. The Hall–Kier alpha value is -2.47. The fourth-order valence-corrected chi connectivity index (χ4v) is 1.30. The molecule has 0 atom stereocenters. The molecule has 0 bridgehead atoms. The van der Waals surface area contributed by atoms with E-state index in [1.165, 1.54) is 18.2 Å². The van der Waals surface area contributed by atoms with Crippen molar-refractivity contribution in [3.05, 3.63) is 54.1 Å². The summed E-state index contributed by atoms with van der Waals surface area (Å²) in [7, 11) is 0. The number of nitrogens with zero attached hydrogens (tertiary/aromatic N) is 1. The molecule has 0 aliphatic rings. The molecule has 1 N–H and O–H groups in total. The van der Waals surface area contributed by atoms with Gasteiger partial charge in [0.2, 0.25) is 0 Å². The largest absolute Gasteiger partial charge is 0.508 e. The Morgan fingerprint density at radius 2 is 1.81 bits per heavy atom. The summed E-state index contributed by atoms with van der Waals surface area (Å²) in [4.78, 5) is 0. The van der Waals surface area contributed by atoms with Crippen molar-refractivity contribution in [2.45, 2.75) is 0 Å². The van der Waals surface area contributed by atoms with Gasteiger partial charge in [0.05, 0.1) is 5.56 Å². The van der Waals surface area contributed by atoms with Crippen LogP contribution in [0.5, 0.6) is 17.2 Å². The molecule has 3 nitrogen and oxygen atoms in total. The molecule has 0 amide bonds. The van der Waals surface area contributed by atoms with Crippen LogP contribution >= 0.6 is 0 Å². The van der Waals surface area contributed by atoms with E-state index in [4.69, 9.17) is 10.00 Å². The lowest BCUT2D eigenvalue weighted by molar-refractivity contribution is 0.454. The molecule has 0 aliphatic carbocycles. The minimum absolute atomic E-state index is 0.0740. The molecule has 0 unspecified atom stereocenters. The summed E-state index contributed by atoms with van der Waals surface area (Å²) in [6, 6.07) is 15.5. The van der Waals surface area contributed by atoms with Gasteiger partial charge in [0, 0.05) is 6.07 Å². The van der Waals surface area contributed by atoms with Crippen molar-refractivity contribution < 1.29 is 9.84 Å². The standard InChI is InChI=1S/C13H9NO2/c14-9-10-6-7-11(15)8-13(10)16-12-4-2-1-3-5-12/h1-8,15H. The number of rotatable bonds is 2. The average molecular weight is 211 g/mol. The molecule has 0 spiro atoms. The van der Waals surface area contributed by atoms with Crippen molar-refractivity contribution in [2.75, 3.05) is 0 Å².